The second-order valence-electron chi connectivity index (χ2n) is 8.02. The monoisotopic (exact) mass is 430 g/mol. The Morgan fingerprint density at radius 3 is 2.47 bits per heavy atom. The lowest BCUT2D eigenvalue weighted by Gasteiger charge is -2.19. The first kappa shape index (κ1) is 22.3. The van der Waals surface area contributed by atoms with Gasteiger partial charge in [0, 0.05) is 11.6 Å². The largest absolute Gasteiger partial charge is 0.495 e. The van der Waals surface area contributed by atoms with Gasteiger partial charge in [0.25, 0.3) is 5.91 Å². The van der Waals surface area contributed by atoms with Crippen molar-refractivity contribution in [1.82, 2.24) is 10.0 Å². The van der Waals surface area contributed by atoms with E-state index in [1.165, 1.54) is 19.2 Å². The van der Waals surface area contributed by atoms with Gasteiger partial charge in [-0.25, -0.2) is 13.1 Å². The van der Waals surface area contributed by atoms with Crippen molar-refractivity contribution in [3.63, 3.8) is 0 Å². The van der Waals surface area contributed by atoms with Crippen molar-refractivity contribution in [2.24, 2.45) is 0 Å². The van der Waals surface area contributed by atoms with Gasteiger partial charge in [0.2, 0.25) is 10.0 Å². The van der Waals surface area contributed by atoms with Gasteiger partial charge in [-0.3, -0.25) is 4.79 Å². The zero-order valence-corrected chi connectivity index (χ0v) is 18.8. The van der Waals surface area contributed by atoms with E-state index in [9.17, 15) is 13.2 Å². The van der Waals surface area contributed by atoms with Gasteiger partial charge in [0.15, 0.2) is 0 Å². The minimum atomic E-state index is -3.79. The Hall–Kier alpha value is -2.38. The number of carbonyl (C=O) groups is 1. The standard InChI is InChI=1S/C23H30N2O4S/c1-15-9-10-16(2)20(13-15)17(3)24-23(26)18-11-12-21(29-4)22(14-18)30(27,28)25-19-7-5-6-8-19/h9-14,17,19,25H,5-8H2,1-4H3,(H,24,26). The van der Waals surface area contributed by atoms with Crippen molar-refractivity contribution in [2.75, 3.05) is 7.11 Å². The average molecular weight is 431 g/mol. The molecule has 2 aromatic rings. The fraction of sp³-hybridized carbons (Fsp3) is 0.435. The van der Waals surface area contributed by atoms with Crippen LogP contribution in [-0.2, 0) is 10.0 Å². The summed E-state index contributed by atoms with van der Waals surface area (Å²) in [6.07, 6.45) is 3.69. The summed E-state index contributed by atoms with van der Waals surface area (Å²) in [5.41, 5.74) is 3.52. The van der Waals surface area contributed by atoms with Crippen LogP contribution >= 0.6 is 0 Å². The van der Waals surface area contributed by atoms with Crippen LogP contribution < -0.4 is 14.8 Å². The number of carbonyl (C=O) groups excluding carboxylic acids is 1. The zero-order chi connectivity index (χ0) is 21.9. The Bertz CT molecular complexity index is 1030. The van der Waals surface area contributed by atoms with E-state index in [1.54, 1.807) is 6.07 Å². The van der Waals surface area contributed by atoms with Crippen LogP contribution in [0.5, 0.6) is 5.75 Å². The molecule has 0 aliphatic heterocycles. The van der Waals surface area contributed by atoms with E-state index in [0.29, 0.717) is 0 Å². The van der Waals surface area contributed by atoms with Crippen LogP contribution in [0.15, 0.2) is 41.3 Å². The van der Waals surface area contributed by atoms with Gasteiger partial charge in [-0.2, -0.15) is 0 Å². The van der Waals surface area contributed by atoms with Gasteiger partial charge in [-0.1, -0.05) is 36.6 Å². The number of benzene rings is 2. The fourth-order valence-electron chi connectivity index (χ4n) is 3.94. The first-order valence-electron chi connectivity index (χ1n) is 10.3. The molecule has 1 aliphatic rings. The molecule has 162 valence electrons. The quantitative estimate of drug-likeness (QED) is 0.695. The molecule has 0 saturated heterocycles. The second-order valence-corrected chi connectivity index (χ2v) is 9.71. The highest BCUT2D eigenvalue weighted by molar-refractivity contribution is 7.89. The molecule has 1 aliphatic carbocycles. The number of ether oxygens (including phenoxy) is 1. The maximum Gasteiger partial charge on any atom is 0.251 e. The number of sulfonamides is 1. The molecule has 2 N–H and O–H groups in total. The van der Waals surface area contributed by atoms with Crippen molar-refractivity contribution < 1.29 is 17.9 Å². The van der Waals surface area contributed by atoms with E-state index in [-0.39, 0.29) is 34.2 Å². The first-order valence-corrected chi connectivity index (χ1v) is 11.8. The van der Waals surface area contributed by atoms with Crippen molar-refractivity contribution in [1.29, 1.82) is 0 Å². The third kappa shape index (κ3) is 5.02. The van der Waals surface area contributed by atoms with Crippen LogP contribution in [-0.4, -0.2) is 27.5 Å². The highest BCUT2D eigenvalue weighted by Crippen LogP contribution is 2.28. The van der Waals surface area contributed by atoms with Crippen LogP contribution in [0.4, 0.5) is 0 Å². The summed E-state index contributed by atoms with van der Waals surface area (Å²) in [6.45, 7) is 5.93. The van der Waals surface area contributed by atoms with Crippen LogP contribution in [0, 0.1) is 13.8 Å². The highest BCUT2D eigenvalue weighted by atomic mass is 32.2. The number of hydrogen-bond acceptors (Lipinski definition) is 4. The molecule has 2 aromatic carbocycles. The molecule has 3 rings (SSSR count). The molecule has 30 heavy (non-hydrogen) atoms. The molecule has 0 bridgehead atoms. The fourth-order valence-corrected chi connectivity index (χ4v) is 5.44. The molecule has 0 heterocycles. The third-order valence-corrected chi connectivity index (χ3v) is 7.18. The predicted octanol–water partition coefficient (Wildman–Crippen LogP) is 4.02. The van der Waals surface area contributed by atoms with E-state index >= 15 is 0 Å². The summed E-state index contributed by atoms with van der Waals surface area (Å²) >= 11 is 0. The number of nitrogens with one attached hydrogen (secondary N) is 2. The van der Waals surface area contributed by atoms with Crippen LogP contribution in [0.1, 0.15) is 65.7 Å². The Morgan fingerprint density at radius 2 is 1.80 bits per heavy atom. The molecule has 1 saturated carbocycles. The summed E-state index contributed by atoms with van der Waals surface area (Å²) in [5, 5.41) is 2.97. The van der Waals surface area contributed by atoms with Crippen molar-refractivity contribution in [3.05, 3.63) is 58.7 Å². The Kier molecular flexibility index (Phi) is 6.83. The van der Waals surface area contributed by atoms with Crippen LogP contribution in [0.3, 0.4) is 0 Å². The molecule has 7 heteroatoms. The number of aryl methyl sites for hydroxylation is 2. The SMILES string of the molecule is COc1ccc(C(=O)NC(C)c2cc(C)ccc2C)cc1S(=O)(=O)NC1CCCC1. The molecule has 0 radical (unpaired) electrons. The molecule has 0 spiro atoms. The second kappa shape index (κ2) is 9.18. The maximum absolute atomic E-state index is 12.9. The van der Waals surface area contributed by atoms with Gasteiger partial charge >= 0.3 is 0 Å². The van der Waals surface area contributed by atoms with E-state index < -0.39 is 10.0 Å². The van der Waals surface area contributed by atoms with Crippen molar-refractivity contribution >= 4 is 15.9 Å². The number of rotatable bonds is 7. The molecule has 6 nitrogen and oxygen atoms in total. The molecule has 1 unspecified atom stereocenters. The molecule has 1 amide bonds. The van der Waals surface area contributed by atoms with Gasteiger partial charge in [0.1, 0.15) is 10.6 Å². The predicted molar refractivity (Wildman–Crippen MR) is 117 cm³/mol. The average Bonchev–Trinajstić information content (AvgIpc) is 3.21. The lowest BCUT2D eigenvalue weighted by molar-refractivity contribution is 0.0939. The van der Waals surface area contributed by atoms with E-state index in [4.69, 9.17) is 4.74 Å². The van der Waals surface area contributed by atoms with Gasteiger partial charge < -0.3 is 10.1 Å². The summed E-state index contributed by atoms with van der Waals surface area (Å²) < 4.78 is 33.9. The first-order chi connectivity index (χ1) is 14.2. The van der Waals surface area contributed by atoms with Crippen LogP contribution in [0.25, 0.3) is 0 Å². The third-order valence-electron chi connectivity index (χ3n) is 5.64. The number of amides is 1. The number of methoxy groups -OCH3 is 1. The lowest BCUT2D eigenvalue weighted by Crippen LogP contribution is -2.33. The lowest BCUT2D eigenvalue weighted by atomic mass is 9.99. The van der Waals surface area contributed by atoms with E-state index in [2.05, 4.69) is 16.1 Å². The Morgan fingerprint density at radius 1 is 1.10 bits per heavy atom. The van der Waals surface area contributed by atoms with E-state index in [1.807, 2.05) is 32.9 Å². The van der Waals surface area contributed by atoms with E-state index in [0.717, 1.165) is 42.4 Å². The summed E-state index contributed by atoms with van der Waals surface area (Å²) in [5.74, 6) is -0.108. The molecule has 0 aromatic heterocycles. The Labute approximate surface area is 179 Å². The summed E-state index contributed by atoms with van der Waals surface area (Å²) in [4.78, 5) is 12.9. The minimum absolute atomic E-state index is 0.0102. The van der Waals surface area contributed by atoms with Crippen molar-refractivity contribution in [3.8, 4) is 5.75 Å². The molecule has 1 fully saturated rings. The smallest absolute Gasteiger partial charge is 0.251 e. The minimum Gasteiger partial charge on any atom is -0.495 e. The molecular formula is C23H30N2O4S. The van der Waals surface area contributed by atoms with Crippen LogP contribution in [0.2, 0.25) is 0 Å². The topological polar surface area (TPSA) is 84.5 Å². The highest BCUT2D eigenvalue weighted by Gasteiger charge is 2.27. The summed E-state index contributed by atoms with van der Waals surface area (Å²) in [6, 6.07) is 10.3. The normalized spacial score (nSPS) is 15.7. The Balaban J connectivity index is 1.84. The van der Waals surface area contributed by atoms with Gasteiger partial charge in [-0.15, -0.1) is 0 Å². The molecular weight excluding hydrogens is 400 g/mol. The maximum atomic E-state index is 12.9. The van der Waals surface area contributed by atoms with Gasteiger partial charge in [-0.05, 0) is 62.9 Å². The van der Waals surface area contributed by atoms with Gasteiger partial charge in [0.05, 0.1) is 13.2 Å². The summed E-state index contributed by atoms with van der Waals surface area (Å²) in [7, 11) is -2.37. The zero-order valence-electron chi connectivity index (χ0n) is 18.0. The van der Waals surface area contributed by atoms with Crippen molar-refractivity contribution in [2.45, 2.75) is 63.4 Å². The number of hydrogen-bond donors (Lipinski definition) is 2. The molecule has 1 atom stereocenters.